The van der Waals surface area contributed by atoms with E-state index in [2.05, 4.69) is 25.7 Å². The molecule has 134 valence electrons. The van der Waals surface area contributed by atoms with Gasteiger partial charge in [0.2, 0.25) is 5.82 Å². The van der Waals surface area contributed by atoms with Crippen LogP contribution in [0.3, 0.4) is 0 Å². The van der Waals surface area contributed by atoms with Gasteiger partial charge >= 0.3 is 5.97 Å². The highest BCUT2D eigenvalue weighted by Crippen LogP contribution is 2.19. The van der Waals surface area contributed by atoms with Gasteiger partial charge in [-0.25, -0.2) is 9.48 Å². The summed E-state index contributed by atoms with van der Waals surface area (Å²) in [5, 5.41) is 15.4. The molecule has 0 aliphatic carbocycles. The summed E-state index contributed by atoms with van der Waals surface area (Å²) in [6.07, 6.45) is 1.46. The molecule has 2 heterocycles. The monoisotopic (exact) mass is 382 g/mol. The Kier molecular flexibility index (Phi) is 4.58. The minimum Gasteiger partial charge on any atom is -0.452 e. The van der Waals surface area contributed by atoms with Gasteiger partial charge in [0.25, 0.3) is 5.89 Å². The van der Waals surface area contributed by atoms with Crippen molar-refractivity contribution < 1.29 is 14.1 Å². The third kappa shape index (κ3) is 3.82. The molecule has 0 atom stereocenters. The highest BCUT2D eigenvalue weighted by atomic mass is 35.5. The zero-order chi connectivity index (χ0) is 18.6. The molecule has 0 radical (unpaired) electrons. The molecule has 2 aromatic heterocycles. The number of ether oxygens (including phenoxy) is 1. The van der Waals surface area contributed by atoms with Gasteiger partial charge in [-0.1, -0.05) is 16.8 Å². The Hall–Kier alpha value is -3.59. The average Bonchev–Trinajstić information content (AvgIpc) is 3.39. The molecule has 4 rings (SSSR count). The van der Waals surface area contributed by atoms with Crippen molar-refractivity contribution in [2.45, 2.75) is 6.61 Å². The molecule has 0 N–H and O–H groups in total. The molecule has 4 aromatic rings. The first-order chi connectivity index (χ1) is 13.2. The van der Waals surface area contributed by atoms with Crippen LogP contribution in [0.1, 0.15) is 16.2 Å². The molecule has 0 fully saturated rings. The minimum absolute atomic E-state index is 0.131. The van der Waals surface area contributed by atoms with Gasteiger partial charge in [0.05, 0.1) is 11.3 Å². The first kappa shape index (κ1) is 16.9. The van der Waals surface area contributed by atoms with Crippen molar-refractivity contribution in [1.29, 1.82) is 0 Å². The van der Waals surface area contributed by atoms with Gasteiger partial charge < -0.3 is 9.26 Å². The average molecular weight is 383 g/mol. The van der Waals surface area contributed by atoms with Gasteiger partial charge in [0.1, 0.15) is 6.33 Å². The van der Waals surface area contributed by atoms with E-state index in [4.69, 9.17) is 20.9 Å². The molecule has 0 aliphatic rings. The number of carbonyl (C=O) groups excluding carboxylic acids is 1. The third-order valence-corrected chi connectivity index (χ3v) is 3.87. The van der Waals surface area contributed by atoms with Gasteiger partial charge in [-0.3, -0.25) is 0 Å². The lowest BCUT2D eigenvalue weighted by Gasteiger charge is -2.03. The van der Waals surface area contributed by atoms with Crippen molar-refractivity contribution in [2.24, 2.45) is 0 Å². The number of hydrogen-bond acceptors (Lipinski definition) is 8. The highest BCUT2D eigenvalue weighted by molar-refractivity contribution is 6.30. The van der Waals surface area contributed by atoms with Crippen LogP contribution in [0.5, 0.6) is 0 Å². The van der Waals surface area contributed by atoms with E-state index in [-0.39, 0.29) is 12.5 Å². The number of halogens is 1. The summed E-state index contributed by atoms with van der Waals surface area (Å²) >= 11 is 5.85. The normalized spacial score (nSPS) is 10.7. The lowest BCUT2D eigenvalue weighted by atomic mass is 10.2. The van der Waals surface area contributed by atoms with Crippen molar-refractivity contribution in [3.05, 3.63) is 71.3 Å². The maximum Gasteiger partial charge on any atom is 0.338 e. The number of hydrogen-bond donors (Lipinski definition) is 0. The van der Waals surface area contributed by atoms with Crippen LogP contribution in [0.15, 0.2) is 59.4 Å². The fourth-order valence-corrected chi connectivity index (χ4v) is 2.40. The van der Waals surface area contributed by atoms with Crippen molar-refractivity contribution in [3.8, 4) is 17.1 Å². The molecule has 0 spiro atoms. The summed E-state index contributed by atoms with van der Waals surface area (Å²) < 4.78 is 11.8. The quantitative estimate of drug-likeness (QED) is 0.484. The number of rotatable bonds is 5. The Morgan fingerprint density at radius 3 is 2.59 bits per heavy atom. The van der Waals surface area contributed by atoms with E-state index in [1.54, 1.807) is 48.5 Å². The number of benzene rings is 2. The maximum absolute atomic E-state index is 12.2. The van der Waals surface area contributed by atoms with Crippen molar-refractivity contribution in [3.63, 3.8) is 0 Å². The zero-order valence-corrected chi connectivity index (χ0v) is 14.4. The Balaban J connectivity index is 1.38. The van der Waals surface area contributed by atoms with Crippen LogP contribution in [0.4, 0.5) is 0 Å². The lowest BCUT2D eigenvalue weighted by molar-refractivity contribution is 0.0430. The van der Waals surface area contributed by atoms with E-state index in [0.717, 1.165) is 11.3 Å². The Labute approximate surface area is 157 Å². The molecule has 27 heavy (non-hydrogen) atoms. The largest absolute Gasteiger partial charge is 0.452 e. The summed E-state index contributed by atoms with van der Waals surface area (Å²) in [4.78, 5) is 16.4. The van der Waals surface area contributed by atoms with Gasteiger partial charge in [0.15, 0.2) is 6.61 Å². The van der Waals surface area contributed by atoms with Crippen LogP contribution in [0.2, 0.25) is 5.02 Å². The molecule has 2 aromatic carbocycles. The predicted molar refractivity (Wildman–Crippen MR) is 93.0 cm³/mol. The number of esters is 1. The van der Waals surface area contributed by atoms with E-state index in [0.29, 0.717) is 16.4 Å². The van der Waals surface area contributed by atoms with E-state index in [1.807, 2.05) is 0 Å². The molecule has 0 aliphatic heterocycles. The van der Waals surface area contributed by atoms with Crippen molar-refractivity contribution in [1.82, 2.24) is 30.3 Å². The fraction of sp³-hybridized carbons (Fsp3) is 0.0588. The molecule has 10 heteroatoms. The second kappa shape index (κ2) is 7.34. The molecule has 9 nitrogen and oxygen atoms in total. The van der Waals surface area contributed by atoms with Gasteiger partial charge in [0, 0.05) is 10.6 Å². The van der Waals surface area contributed by atoms with Crippen LogP contribution in [-0.4, -0.2) is 36.3 Å². The Morgan fingerprint density at radius 2 is 1.89 bits per heavy atom. The molecule has 0 saturated heterocycles. The summed E-state index contributed by atoms with van der Waals surface area (Å²) in [7, 11) is 0. The first-order valence-corrected chi connectivity index (χ1v) is 8.16. The number of tetrazole rings is 1. The predicted octanol–water partition coefficient (Wildman–Crippen LogP) is 2.72. The molecular formula is C17H11ClN6O3. The van der Waals surface area contributed by atoms with E-state index in [1.165, 1.54) is 11.0 Å². The topological polar surface area (TPSA) is 109 Å². The van der Waals surface area contributed by atoms with Crippen LogP contribution in [0.25, 0.3) is 17.1 Å². The van der Waals surface area contributed by atoms with Crippen LogP contribution in [-0.2, 0) is 11.3 Å². The van der Waals surface area contributed by atoms with E-state index in [9.17, 15) is 4.79 Å². The van der Waals surface area contributed by atoms with Crippen LogP contribution >= 0.6 is 11.6 Å². The summed E-state index contributed by atoms with van der Waals surface area (Å²) in [6, 6.07) is 13.7. The van der Waals surface area contributed by atoms with Gasteiger partial charge in [-0.05, 0) is 59.0 Å². The third-order valence-electron chi connectivity index (χ3n) is 3.61. The van der Waals surface area contributed by atoms with Crippen molar-refractivity contribution >= 4 is 17.6 Å². The molecule has 0 unspecified atom stereocenters. The highest BCUT2D eigenvalue weighted by Gasteiger charge is 2.13. The fourth-order valence-electron chi connectivity index (χ4n) is 2.27. The standard InChI is InChI=1S/C17H11ClN6O3/c18-13-5-1-11(2-6-13)16-20-15(27-21-16)9-26-17(25)12-3-7-14(8-4-12)24-10-19-22-23-24/h1-8,10H,9H2. The minimum atomic E-state index is -0.510. The smallest absolute Gasteiger partial charge is 0.338 e. The maximum atomic E-state index is 12.2. The molecule has 0 amide bonds. The number of carbonyl (C=O) groups is 1. The lowest BCUT2D eigenvalue weighted by Crippen LogP contribution is -2.06. The van der Waals surface area contributed by atoms with Crippen LogP contribution in [0, 0.1) is 0 Å². The molecule has 0 bridgehead atoms. The SMILES string of the molecule is O=C(OCc1nc(-c2ccc(Cl)cc2)no1)c1ccc(-n2cnnn2)cc1. The molecule has 0 saturated carbocycles. The first-order valence-electron chi connectivity index (χ1n) is 7.78. The number of nitrogens with zero attached hydrogens (tertiary/aromatic N) is 6. The van der Waals surface area contributed by atoms with Gasteiger partial charge in [-0.2, -0.15) is 4.98 Å². The van der Waals surface area contributed by atoms with E-state index >= 15 is 0 Å². The number of aromatic nitrogens is 6. The van der Waals surface area contributed by atoms with Crippen molar-refractivity contribution in [2.75, 3.05) is 0 Å². The Morgan fingerprint density at radius 1 is 1.11 bits per heavy atom. The summed E-state index contributed by atoms with van der Waals surface area (Å²) in [5.74, 6) is 0.0756. The Bertz CT molecular complexity index is 1050. The second-order valence-corrected chi connectivity index (χ2v) is 5.83. The van der Waals surface area contributed by atoms with Crippen LogP contribution < -0.4 is 0 Å². The van der Waals surface area contributed by atoms with E-state index < -0.39 is 5.97 Å². The second-order valence-electron chi connectivity index (χ2n) is 5.40. The molecular weight excluding hydrogens is 372 g/mol. The summed E-state index contributed by atoms with van der Waals surface area (Å²) in [5.41, 5.74) is 1.85. The zero-order valence-electron chi connectivity index (χ0n) is 13.7. The summed E-state index contributed by atoms with van der Waals surface area (Å²) in [6.45, 7) is -0.131. The van der Waals surface area contributed by atoms with Gasteiger partial charge in [-0.15, -0.1) is 5.10 Å².